The van der Waals surface area contributed by atoms with Crippen LogP contribution in [0.1, 0.15) is 23.0 Å². The summed E-state index contributed by atoms with van der Waals surface area (Å²) < 4.78 is 0. The van der Waals surface area contributed by atoms with Gasteiger partial charge in [0.2, 0.25) is 0 Å². The fourth-order valence-corrected chi connectivity index (χ4v) is 3.99. The van der Waals surface area contributed by atoms with E-state index in [1.807, 2.05) is 0 Å². The Morgan fingerprint density at radius 3 is 1.50 bits per heavy atom. The summed E-state index contributed by atoms with van der Waals surface area (Å²) in [4.78, 5) is 9.43. The molecule has 0 fully saturated rings. The zero-order chi connectivity index (χ0) is 18.8. The molecule has 28 heavy (non-hydrogen) atoms. The van der Waals surface area contributed by atoms with E-state index in [1.54, 1.807) is 0 Å². The molecule has 2 aliphatic heterocycles. The normalized spacial score (nSPS) is 20.9. The number of aromatic nitrogens is 1. The minimum Gasteiger partial charge on any atom is -0.332 e. The van der Waals surface area contributed by atoms with Crippen molar-refractivity contribution in [1.82, 2.24) is 4.98 Å². The topological polar surface area (TPSA) is 19.4 Å². The van der Waals surface area contributed by atoms with Gasteiger partial charge >= 0.3 is 0 Å². The molecule has 0 saturated carbocycles. The fourth-order valence-electron chi connectivity index (χ4n) is 3.99. The number of benzene rings is 2. The molecule has 0 saturated heterocycles. The summed E-state index contributed by atoms with van der Waals surface area (Å²) >= 11 is 0. The van der Waals surface area contributed by atoms with Gasteiger partial charge in [0.25, 0.3) is 0 Å². The van der Waals surface area contributed by atoms with E-state index in [9.17, 15) is 0 Å². The molecule has 2 atom stereocenters. The Morgan fingerprint density at radius 1 is 0.571 bits per heavy atom. The van der Waals surface area contributed by atoms with Gasteiger partial charge in [-0.05, 0) is 23.3 Å². The van der Waals surface area contributed by atoms with Gasteiger partial charge < -0.3 is 9.80 Å². The lowest BCUT2D eigenvalue weighted by Gasteiger charge is -2.21. The number of hydrogen-bond acceptors (Lipinski definition) is 3. The molecule has 3 aromatic rings. The monoisotopic (exact) mass is 365 g/mol. The molecule has 3 nitrogen and oxygen atoms in total. The van der Waals surface area contributed by atoms with Crippen molar-refractivity contribution in [3.63, 3.8) is 0 Å². The zero-order valence-electron chi connectivity index (χ0n) is 15.7. The largest absolute Gasteiger partial charge is 0.332 e. The van der Waals surface area contributed by atoms with Crippen LogP contribution in [0.15, 0.2) is 103 Å². The molecule has 0 bridgehead atoms. The van der Waals surface area contributed by atoms with Crippen molar-refractivity contribution in [3.8, 4) is 0 Å². The van der Waals surface area contributed by atoms with E-state index >= 15 is 0 Å². The van der Waals surface area contributed by atoms with Crippen molar-refractivity contribution in [2.75, 3.05) is 22.9 Å². The highest BCUT2D eigenvalue weighted by Gasteiger charge is 2.22. The van der Waals surface area contributed by atoms with E-state index in [4.69, 9.17) is 4.98 Å². The Bertz CT molecular complexity index is 916. The molecule has 0 radical (unpaired) electrons. The van der Waals surface area contributed by atoms with Gasteiger partial charge in [-0.3, -0.25) is 0 Å². The average Bonchev–Trinajstić information content (AvgIpc) is 3.46. The van der Waals surface area contributed by atoms with Crippen LogP contribution in [0.2, 0.25) is 0 Å². The Balaban J connectivity index is 1.30. The average molecular weight is 365 g/mol. The number of hydrogen-bond donors (Lipinski definition) is 0. The van der Waals surface area contributed by atoms with Crippen molar-refractivity contribution in [3.05, 3.63) is 115 Å². The molecule has 5 rings (SSSR count). The van der Waals surface area contributed by atoms with Gasteiger partial charge in [-0.15, -0.1) is 0 Å². The van der Waals surface area contributed by atoms with Crippen LogP contribution in [0.4, 0.5) is 11.6 Å². The van der Waals surface area contributed by atoms with Crippen molar-refractivity contribution >= 4 is 11.6 Å². The van der Waals surface area contributed by atoms with Gasteiger partial charge in [0, 0.05) is 37.3 Å². The number of pyridine rings is 1. The highest BCUT2D eigenvalue weighted by molar-refractivity contribution is 5.55. The second kappa shape index (κ2) is 7.35. The van der Waals surface area contributed by atoms with Gasteiger partial charge in [-0.1, -0.05) is 78.9 Å². The molecule has 3 heteroatoms. The molecule has 0 spiro atoms. The van der Waals surface area contributed by atoms with Crippen LogP contribution >= 0.6 is 0 Å². The van der Waals surface area contributed by atoms with Crippen LogP contribution in [0.25, 0.3) is 0 Å². The first-order valence-electron chi connectivity index (χ1n) is 9.84. The SMILES string of the molecule is C1=CN(c2cccc(N3C=C[C@H](c4ccccc4)C3)n2)C[C@H]1c1ccccc1. The predicted molar refractivity (Wildman–Crippen MR) is 116 cm³/mol. The third-order valence-electron chi connectivity index (χ3n) is 5.55. The van der Waals surface area contributed by atoms with E-state index in [-0.39, 0.29) is 0 Å². The van der Waals surface area contributed by atoms with Crippen molar-refractivity contribution in [2.24, 2.45) is 0 Å². The molecular weight excluding hydrogens is 342 g/mol. The second-order valence-electron chi connectivity index (χ2n) is 7.38. The lowest BCUT2D eigenvalue weighted by Crippen LogP contribution is -2.21. The first-order chi connectivity index (χ1) is 13.9. The maximum absolute atomic E-state index is 4.94. The minimum atomic E-state index is 0.417. The molecule has 138 valence electrons. The Morgan fingerprint density at radius 2 is 1.04 bits per heavy atom. The van der Waals surface area contributed by atoms with Crippen LogP contribution in [0, 0.1) is 0 Å². The lowest BCUT2D eigenvalue weighted by atomic mass is 10.0. The summed E-state index contributed by atoms with van der Waals surface area (Å²) in [7, 11) is 0. The lowest BCUT2D eigenvalue weighted by molar-refractivity contribution is 0.842. The van der Waals surface area contributed by atoms with E-state index < -0.39 is 0 Å². The molecule has 0 amide bonds. The summed E-state index contributed by atoms with van der Waals surface area (Å²) in [6, 6.07) is 27.6. The second-order valence-corrected chi connectivity index (χ2v) is 7.38. The van der Waals surface area contributed by atoms with Gasteiger partial charge in [0.15, 0.2) is 0 Å². The maximum atomic E-state index is 4.94. The number of rotatable bonds is 4. The van der Waals surface area contributed by atoms with Crippen LogP contribution in [-0.4, -0.2) is 18.1 Å². The third-order valence-corrected chi connectivity index (χ3v) is 5.55. The molecule has 0 unspecified atom stereocenters. The summed E-state index contributed by atoms with van der Waals surface area (Å²) in [5, 5.41) is 0. The van der Waals surface area contributed by atoms with Crippen molar-refractivity contribution in [1.29, 1.82) is 0 Å². The maximum Gasteiger partial charge on any atom is 0.134 e. The number of nitrogens with zero attached hydrogens (tertiary/aromatic N) is 3. The molecule has 2 aliphatic rings. The highest BCUT2D eigenvalue weighted by atomic mass is 15.2. The minimum absolute atomic E-state index is 0.417. The third kappa shape index (κ3) is 3.31. The summed E-state index contributed by atoms with van der Waals surface area (Å²) in [6.07, 6.45) is 8.86. The van der Waals surface area contributed by atoms with E-state index in [2.05, 4.69) is 113 Å². The quantitative estimate of drug-likeness (QED) is 0.624. The van der Waals surface area contributed by atoms with Crippen LogP contribution in [-0.2, 0) is 0 Å². The van der Waals surface area contributed by atoms with Crippen LogP contribution in [0.5, 0.6) is 0 Å². The first-order valence-corrected chi connectivity index (χ1v) is 9.84. The Hall–Kier alpha value is -3.33. The smallest absolute Gasteiger partial charge is 0.134 e. The van der Waals surface area contributed by atoms with Crippen molar-refractivity contribution < 1.29 is 0 Å². The molecule has 0 N–H and O–H groups in total. The van der Waals surface area contributed by atoms with Crippen LogP contribution < -0.4 is 9.80 Å². The van der Waals surface area contributed by atoms with Crippen LogP contribution in [0.3, 0.4) is 0 Å². The predicted octanol–water partition coefficient (Wildman–Crippen LogP) is 5.32. The molecule has 0 aliphatic carbocycles. The zero-order valence-corrected chi connectivity index (χ0v) is 15.7. The number of anilines is 2. The van der Waals surface area contributed by atoms with E-state index in [1.165, 1.54) is 11.1 Å². The van der Waals surface area contributed by atoms with E-state index in [0.717, 1.165) is 24.7 Å². The van der Waals surface area contributed by atoms with Crippen molar-refractivity contribution in [2.45, 2.75) is 11.8 Å². The highest BCUT2D eigenvalue weighted by Crippen LogP contribution is 2.31. The molecule has 3 heterocycles. The summed E-state index contributed by atoms with van der Waals surface area (Å²) in [5.74, 6) is 2.84. The summed E-state index contributed by atoms with van der Waals surface area (Å²) in [6.45, 7) is 1.87. The molecular formula is C25H23N3. The Labute approximate surface area is 166 Å². The van der Waals surface area contributed by atoms with E-state index in [0.29, 0.717) is 11.8 Å². The van der Waals surface area contributed by atoms with Gasteiger partial charge in [-0.2, -0.15) is 0 Å². The Kier molecular flexibility index (Phi) is 4.42. The van der Waals surface area contributed by atoms with Gasteiger partial charge in [0.1, 0.15) is 11.6 Å². The standard InChI is InChI=1S/C25H23N3/c1-3-8-20(9-4-1)22-14-16-27(18-22)24-12-7-13-25(26-24)28-17-15-23(19-28)21-10-5-2-6-11-21/h1-17,22-23H,18-19H2/t22-,23-/m0/s1. The first kappa shape index (κ1) is 16.8. The van der Waals surface area contributed by atoms with Gasteiger partial charge in [-0.25, -0.2) is 4.98 Å². The molecule has 1 aromatic heterocycles. The fraction of sp³-hybridized carbons (Fsp3) is 0.160. The molecule has 2 aromatic carbocycles. The van der Waals surface area contributed by atoms with Gasteiger partial charge in [0.05, 0.1) is 0 Å². The summed E-state index contributed by atoms with van der Waals surface area (Å²) in [5.41, 5.74) is 2.70.